The van der Waals surface area contributed by atoms with Crippen molar-refractivity contribution in [2.75, 3.05) is 0 Å². The Morgan fingerprint density at radius 3 is 2.43 bits per heavy atom. The fourth-order valence-electron chi connectivity index (χ4n) is 3.92. The third kappa shape index (κ3) is 2.77. The molecule has 4 heteroatoms. The van der Waals surface area contributed by atoms with Crippen molar-refractivity contribution < 1.29 is 4.42 Å². The molecular weight excluding hydrogens is 388 g/mol. The lowest BCUT2D eigenvalue weighted by Gasteiger charge is -2.08. The third-order valence-electron chi connectivity index (χ3n) is 5.37. The number of benzene rings is 3. The maximum atomic E-state index is 6.01. The molecule has 0 fully saturated rings. The summed E-state index contributed by atoms with van der Waals surface area (Å²) in [6, 6.07) is 29.2. The van der Waals surface area contributed by atoms with Crippen molar-refractivity contribution in [3.05, 3.63) is 96.0 Å². The van der Waals surface area contributed by atoms with E-state index in [0.717, 1.165) is 44.7 Å². The monoisotopic (exact) mass is 406 g/mol. The predicted octanol–water partition coefficient (Wildman–Crippen LogP) is 7.48. The SMILES string of the molecule is Cc1ccc(-c2cn(-c3ccc4oc5ccccc5c4c3)c(-c3ccccc3)n2)s1. The standard InChI is InChI=1S/C26H18N2OS/c1-17-11-14-25(30-17)22-16-28(26(27-22)18-7-3-2-4-8-18)19-12-13-24-21(15-19)20-9-5-6-10-23(20)29-24/h2-16H,1H3. The Hall–Kier alpha value is -3.63. The number of rotatable bonds is 3. The van der Waals surface area contributed by atoms with E-state index in [4.69, 9.17) is 9.40 Å². The molecule has 3 nitrogen and oxygen atoms in total. The van der Waals surface area contributed by atoms with Gasteiger partial charge in [0.2, 0.25) is 0 Å². The Labute approximate surface area is 177 Å². The summed E-state index contributed by atoms with van der Waals surface area (Å²) >= 11 is 1.77. The fraction of sp³-hybridized carbons (Fsp3) is 0.0385. The van der Waals surface area contributed by atoms with E-state index in [2.05, 4.69) is 78.4 Å². The summed E-state index contributed by atoms with van der Waals surface area (Å²) in [5, 5.41) is 2.24. The molecule has 3 aromatic heterocycles. The van der Waals surface area contributed by atoms with E-state index in [0.29, 0.717) is 0 Å². The third-order valence-corrected chi connectivity index (χ3v) is 6.39. The van der Waals surface area contributed by atoms with Crippen molar-refractivity contribution in [3.63, 3.8) is 0 Å². The van der Waals surface area contributed by atoms with Crippen molar-refractivity contribution in [2.24, 2.45) is 0 Å². The minimum Gasteiger partial charge on any atom is -0.456 e. The van der Waals surface area contributed by atoms with E-state index in [9.17, 15) is 0 Å². The highest BCUT2D eigenvalue weighted by Crippen LogP contribution is 2.34. The van der Waals surface area contributed by atoms with Crippen LogP contribution in [-0.4, -0.2) is 9.55 Å². The highest BCUT2D eigenvalue weighted by atomic mass is 32.1. The molecule has 6 aromatic rings. The molecule has 0 spiro atoms. The number of aryl methyl sites for hydroxylation is 1. The molecule has 0 bridgehead atoms. The molecule has 6 rings (SSSR count). The van der Waals surface area contributed by atoms with Crippen molar-refractivity contribution in [1.29, 1.82) is 0 Å². The van der Waals surface area contributed by atoms with Crippen molar-refractivity contribution in [3.8, 4) is 27.6 Å². The average Bonchev–Trinajstić information content (AvgIpc) is 3.50. The molecule has 0 saturated heterocycles. The second-order valence-corrected chi connectivity index (χ2v) is 8.66. The van der Waals surface area contributed by atoms with E-state index in [1.54, 1.807) is 11.3 Å². The van der Waals surface area contributed by atoms with Crippen LogP contribution in [0.25, 0.3) is 49.6 Å². The Morgan fingerprint density at radius 1 is 0.800 bits per heavy atom. The molecule has 0 unspecified atom stereocenters. The van der Waals surface area contributed by atoms with Gasteiger partial charge in [-0.15, -0.1) is 11.3 Å². The molecule has 0 atom stereocenters. The van der Waals surface area contributed by atoms with Crippen LogP contribution in [0.15, 0.2) is 95.5 Å². The highest BCUT2D eigenvalue weighted by molar-refractivity contribution is 7.15. The van der Waals surface area contributed by atoms with Gasteiger partial charge in [-0.1, -0.05) is 48.5 Å². The minimum absolute atomic E-state index is 0.899. The lowest BCUT2D eigenvalue weighted by atomic mass is 10.1. The van der Waals surface area contributed by atoms with Gasteiger partial charge in [-0.05, 0) is 43.3 Å². The summed E-state index contributed by atoms with van der Waals surface area (Å²) in [6.45, 7) is 2.13. The van der Waals surface area contributed by atoms with Crippen LogP contribution in [-0.2, 0) is 0 Å². The van der Waals surface area contributed by atoms with E-state index >= 15 is 0 Å². The van der Waals surface area contributed by atoms with E-state index < -0.39 is 0 Å². The molecule has 0 radical (unpaired) electrons. The van der Waals surface area contributed by atoms with Crippen LogP contribution in [0.4, 0.5) is 0 Å². The van der Waals surface area contributed by atoms with Gasteiger partial charge in [0.05, 0.1) is 10.6 Å². The number of fused-ring (bicyclic) bond motifs is 3. The Kier molecular flexibility index (Phi) is 3.86. The second kappa shape index (κ2) is 6.71. The molecule has 3 heterocycles. The number of imidazole rings is 1. The van der Waals surface area contributed by atoms with Gasteiger partial charge in [-0.2, -0.15) is 0 Å². The van der Waals surface area contributed by atoms with Crippen LogP contribution in [0.5, 0.6) is 0 Å². The van der Waals surface area contributed by atoms with Gasteiger partial charge in [0.1, 0.15) is 17.0 Å². The van der Waals surface area contributed by atoms with Gasteiger partial charge in [-0.3, -0.25) is 4.57 Å². The summed E-state index contributed by atoms with van der Waals surface area (Å²) < 4.78 is 8.19. The van der Waals surface area contributed by atoms with Crippen LogP contribution in [0.3, 0.4) is 0 Å². The average molecular weight is 407 g/mol. The van der Waals surface area contributed by atoms with Crippen LogP contribution in [0.1, 0.15) is 4.88 Å². The number of nitrogens with zero attached hydrogens (tertiary/aromatic N) is 2. The molecule has 0 aliphatic rings. The van der Waals surface area contributed by atoms with Gasteiger partial charge >= 0.3 is 0 Å². The Balaban J connectivity index is 1.59. The summed E-state index contributed by atoms with van der Waals surface area (Å²) in [6.07, 6.45) is 2.14. The molecule has 0 amide bonds. The van der Waals surface area contributed by atoms with Crippen LogP contribution < -0.4 is 0 Å². The normalized spacial score (nSPS) is 11.5. The molecule has 30 heavy (non-hydrogen) atoms. The van der Waals surface area contributed by atoms with Crippen LogP contribution in [0, 0.1) is 6.92 Å². The summed E-state index contributed by atoms with van der Waals surface area (Å²) in [5.74, 6) is 0.934. The summed E-state index contributed by atoms with van der Waals surface area (Å²) in [4.78, 5) is 7.48. The minimum atomic E-state index is 0.899. The molecule has 0 aliphatic carbocycles. The first-order valence-corrected chi connectivity index (χ1v) is 10.7. The van der Waals surface area contributed by atoms with Crippen molar-refractivity contribution in [1.82, 2.24) is 9.55 Å². The maximum Gasteiger partial charge on any atom is 0.145 e. The van der Waals surface area contributed by atoms with Gasteiger partial charge in [-0.25, -0.2) is 4.98 Å². The first-order valence-electron chi connectivity index (χ1n) is 9.89. The largest absolute Gasteiger partial charge is 0.456 e. The fourth-order valence-corrected chi connectivity index (χ4v) is 4.74. The molecular formula is C26H18N2OS. The molecule has 144 valence electrons. The zero-order chi connectivity index (χ0) is 20.1. The smallest absolute Gasteiger partial charge is 0.145 e. The summed E-state index contributed by atoms with van der Waals surface area (Å²) in [5.41, 5.74) is 4.96. The van der Waals surface area contributed by atoms with E-state index in [1.807, 2.05) is 24.3 Å². The predicted molar refractivity (Wildman–Crippen MR) is 124 cm³/mol. The van der Waals surface area contributed by atoms with Crippen LogP contribution in [0.2, 0.25) is 0 Å². The van der Waals surface area contributed by atoms with Gasteiger partial charge in [0, 0.05) is 33.1 Å². The number of thiophene rings is 1. The quantitative estimate of drug-likeness (QED) is 0.305. The number of para-hydroxylation sites is 1. The first kappa shape index (κ1) is 17.2. The lowest BCUT2D eigenvalue weighted by Crippen LogP contribution is -1.95. The highest BCUT2D eigenvalue weighted by Gasteiger charge is 2.15. The number of hydrogen-bond donors (Lipinski definition) is 0. The maximum absolute atomic E-state index is 6.01. The Morgan fingerprint density at radius 2 is 1.60 bits per heavy atom. The van der Waals surface area contributed by atoms with E-state index in [-0.39, 0.29) is 0 Å². The van der Waals surface area contributed by atoms with Crippen molar-refractivity contribution in [2.45, 2.75) is 6.92 Å². The number of aromatic nitrogens is 2. The number of hydrogen-bond acceptors (Lipinski definition) is 3. The first-order chi connectivity index (χ1) is 14.8. The number of furan rings is 1. The van der Waals surface area contributed by atoms with E-state index in [1.165, 1.54) is 9.75 Å². The molecule has 3 aromatic carbocycles. The lowest BCUT2D eigenvalue weighted by molar-refractivity contribution is 0.669. The Bertz CT molecular complexity index is 1500. The topological polar surface area (TPSA) is 31.0 Å². The van der Waals surface area contributed by atoms with Crippen LogP contribution >= 0.6 is 11.3 Å². The molecule has 0 N–H and O–H groups in total. The molecule has 0 aliphatic heterocycles. The summed E-state index contributed by atoms with van der Waals surface area (Å²) in [7, 11) is 0. The van der Waals surface area contributed by atoms with Gasteiger partial charge in [0.15, 0.2) is 0 Å². The second-order valence-electron chi connectivity index (χ2n) is 7.37. The zero-order valence-corrected chi connectivity index (χ0v) is 17.2. The van der Waals surface area contributed by atoms with Gasteiger partial charge < -0.3 is 4.42 Å². The van der Waals surface area contributed by atoms with Crippen molar-refractivity contribution >= 4 is 33.3 Å². The molecule has 0 saturated carbocycles. The zero-order valence-electron chi connectivity index (χ0n) is 16.4. The van der Waals surface area contributed by atoms with Gasteiger partial charge in [0.25, 0.3) is 0 Å².